The minimum absolute atomic E-state index is 0.0345. The summed E-state index contributed by atoms with van der Waals surface area (Å²) in [4.78, 5) is 42.2. The van der Waals surface area contributed by atoms with E-state index in [1.54, 1.807) is 6.07 Å². The lowest BCUT2D eigenvalue weighted by Crippen LogP contribution is -2.36. The Hall–Kier alpha value is -3.45. The van der Waals surface area contributed by atoms with Gasteiger partial charge in [0.05, 0.1) is 11.5 Å². The van der Waals surface area contributed by atoms with Gasteiger partial charge in [-0.25, -0.2) is 0 Å². The summed E-state index contributed by atoms with van der Waals surface area (Å²) in [7, 11) is 0. The first-order valence-electron chi connectivity index (χ1n) is 11.7. The van der Waals surface area contributed by atoms with Gasteiger partial charge in [-0.15, -0.1) is 11.3 Å². The van der Waals surface area contributed by atoms with Crippen LogP contribution in [-0.4, -0.2) is 35.7 Å². The van der Waals surface area contributed by atoms with Crippen molar-refractivity contribution in [3.63, 3.8) is 0 Å². The molecule has 1 fully saturated rings. The molecule has 3 aromatic rings. The van der Waals surface area contributed by atoms with Crippen molar-refractivity contribution in [2.75, 3.05) is 23.7 Å². The van der Waals surface area contributed by atoms with Crippen LogP contribution in [0.1, 0.15) is 53.1 Å². The Kier molecular flexibility index (Phi) is 6.20. The smallest absolute Gasteiger partial charge is 0.257 e. The number of hydrogen-bond donors (Lipinski definition) is 2. The number of anilines is 2. The molecule has 3 amide bonds. The zero-order chi connectivity index (χ0) is 23.7. The lowest BCUT2D eigenvalue weighted by atomic mass is 9.90. The second kappa shape index (κ2) is 9.43. The molecule has 34 heavy (non-hydrogen) atoms. The first kappa shape index (κ1) is 22.3. The van der Waals surface area contributed by atoms with Crippen LogP contribution in [-0.2, 0) is 9.59 Å². The van der Waals surface area contributed by atoms with Gasteiger partial charge in [-0.1, -0.05) is 48.5 Å². The SMILES string of the molecule is Cc1c(-c2ccccc2)sc(NC(=O)C2CC(=O)Nc3ccccc32)c1C(=O)N1CCCCC1. The Balaban J connectivity index is 1.52. The van der Waals surface area contributed by atoms with E-state index in [9.17, 15) is 14.4 Å². The second-order valence-corrected chi connectivity index (χ2v) is 9.88. The molecule has 1 atom stereocenters. The van der Waals surface area contributed by atoms with Gasteiger partial charge in [0, 0.05) is 30.1 Å². The Labute approximate surface area is 203 Å². The largest absolute Gasteiger partial charge is 0.339 e. The van der Waals surface area contributed by atoms with Crippen molar-refractivity contribution in [1.82, 2.24) is 4.90 Å². The van der Waals surface area contributed by atoms with Gasteiger partial charge in [-0.05, 0) is 48.9 Å². The number of amides is 3. The molecule has 0 saturated carbocycles. The number of piperidine rings is 1. The Morgan fingerprint density at radius 1 is 1.00 bits per heavy atom. The summed E-state index contributed by atoms with van der Waals surface area (Å²) in [6, 6.07) is 17.3. The average Bonchev–Trinajstić information content (AvgIpc) is 3.19. The summed E-state index contributed by atoms with van der Waals surface area (Å²) < 4.78 is 0. The number of thiophene rings is 1. The summed E-state index contributed by atoms with van der Waals surface area (Å²) >= 11 is 1.43. The number of benzene rings is 2. The molecule has 2 aliphatic heterocycles. The maximum Gasteiger partial charge on any atom is 0.257 e. The first-order valence-corrected chi connectivity index (χ1v) is 12.5. The third-order valence-electron chi connectivity index (χ3n) is 6.59. The van der Waals surface area contributed by atoms with E-state index in [4.69, 9.17) is 0 Å². The van der Waals surface area contributed by atoms with E-state index in [-0.39, 0.29) is 24.1 Å². The molecule has 1 saturated heterocycles. The van der Waals surface area contributed by atoms with Crippen molar-refractivity contribution in [3.05, 3.63) is 71.3 Å². The van der Waals surface area contributed by atoms with Gasteiger partial charge in [0.15, 0.2) is 0 Å². The minimum Gasteiger partial charge on any atom is -0.339 e. The molecular weight excluding hydrogens is 446 g/mol. The molecule has 0 spiro atoms. The molecule has 1 unspecified atom stereocenters. The molecule has 2 aromatic carbocycles. The standard InChI is InChI=1S/C27H27N3O3S/c1-17-23(27(33)30-14-8-3-9-15-30)26(34-24(17)18-10-4-2-5-11-18)29-25(32)20-16-22(31)28-21-13-7-6-12-19(20)21/h2,4-7,10-13,20H,3,8-9,14-16H2,1H3,(H,28,31)(H,29,32). The summed E-state index contributed by atoms with van der Waals surface area (Å²) in [5.41, 5.74) is 3.91. The highest BCUT2D eigenvalue weighted by atomic mass is 32.1. The fourth-order valence-corrected chi connectivity index (χ4v) is 6.03. The number of hydrogen-bond acceptors (Lipinski definition) is 4. The molecule has 174 valence electrons. The van der Waals surface area contributed by atoms with Crippen LogP contribution in [0, 0.1) is 6.92 Å². The fraction of sp³-hybridized carbons (Fsp3) is 0.296. The van der Waals surface area contributed by atoms with Crippen molar-refractivity contribution in [2.24, 2.45) is 0 Å². The molecular formula is C27H27N3O3S. The molecule has 0 radical (unpaired) electrons. The van der Waals surface area contributed by atoms with Crippen LogP contribution in [0.15, 0.2) is 54.6 Å². The van der Waals surface area contributed by atoms with E-state index in [1.807, 2.05) is 60.4 Å². The second-order valence-electron chi connectivity index (χ2n) is 8.86. The van der Waals surface area contributed by atoms with Gasteiger partial charge in [-0.3, -0.25) is 14.4 Å². The van der Waals surface area contributed by atoms with Crippen LogP contribution >= 0.6 is 11.3 Å². The highest BCUT2D eigenvalue weighted by Crippen LogP contribution is 2.42. The molecule has 7 heteroatoms. The molecule has 2 N–H and O–H groups in total. The van der Waals surface area contributed by atoms with Crippen molar-refractivity contribution >= 4 is 39.7 Å². The van der Waals surface area contributed by atoms with Crippen LogP contribution in [0.4, 0.5) is 10.7 Å². The van der Waals surface area contributed by atoms with Gasteiger partial charge < -0.3 is 15.5 Å². The number of nitrogens with zero attached hydrogens (tertiary/aromatic N) is 1. The van der Waals surface area contributed by atoms with Crippen LogP contribution in [0.3, 0.4) is 0 Å². The van der Waals surface area contributed by atoms with E-state index in [2.05, 4.69) is 10.6 Å². The normalized spacial score (nSPS) is 17.6. The van der Waals surface area contributed by atoms with Crippen LogP contribution in [0.5, 0.6) is 0 Å². The van der Waals surface area contributed by atoms with Crippen molar-refractivity contribution in [2.45, 2.75) is 38.5 Å². The number of carbonyl (C=O) groups excluding carboxylic acids is 3. The maximum absolute atomic E-state index is 13.6. The van der Waals surface area contributed by atoms with Gasteiger partial charge in [-0.2, -0.15) is 0 Å². The van der Waals surface area contributed by atoms with E-state index < -0.39 is 5.92 Å². The van der Waals surface area contributed by atoms with Crippen molar-refractivity contribution < 1.29 is 14.4 Å². The third kappa shape index (κ3) is 4.23. The molecule has 0 bridgehead atoms. The van der Waals surface area contributed by atoms with Gasteiger partial charge >= 0.3 is 0 Å². The van der Waals surface area contributed by atoms with Gasteiger partial charge in [0.2, 0.25) is 11.8 Å². The van der Waals surface area contributed by atoms with E-state index >= 15 is 0 Å². The number of rotatable bonds is 4. The molecule has 6 nitrogen and oxygen atoms in total. The molecule has 1 aromatic heterocycles. The third-order valence-corrected chi connectivity index (χ3v) is 7.85. The zero-order valence-corrected chi connectivity index (χ0v) is 19.9. The van der Waals surface area contributed by atoms with Gasteiger partial charge in [0.1, 0.15) is 5.00 Å². The summed E-state index contributed by atoms with van der Waals surface area (Å²) in [5.74, 6) is -1.09. The van der Waals surface area contributed by atoms with Gasteiger partial charge in [0.25, 0.3) is 5.91 Å². The summed E-state index contributed by atoms with van der Waals surface area (Å²) in [6.07, 6.45) is 3.20. The van der Waals surface area contributed by atoms with Crippen molar-refractivity contribution in [1.29, 1.82) is 0 Å². The molecule has 2 aliphatic rings. The topological polar surface area (TPSA) is 78.5 Å². The predicted molar refractivity (Wildman–Crippen MR) is 135 cm³/mol. The minimum atomic E-state index is -0.606. The number of nitrogens with one attached hydrogen (secondary N) is 2. The highest BCUT2D eigenvalue weighted by molar-refractivity contribution is 7.20. The summed E-state index contributed by atoms with van der Waals surface area (Å²) in [5, 5.41) is 6.44. The lowest BCUT2D eigenvalue weighted by molar-refractivity contribution is -0.123. The zero-order valence-electron chi connectivity index (χ0n) is 19.1. The Bertz CT molecular complexity index is 1250. The number of fused-ring (bicyclic) bond motifs is 1. The predicted octanol–water partition coefficient (Wildman–Crippen LogP) is 5.41. The fourth-order valence-electron chi connectivity index (χ4n) is 4.82. The molecule has 0 aliphatic carbocycles. The van der Waals surface area contributed by atoms with E-state index in [0.29, 0.717) is 16.3 Å². The summed E-state index contributed by atoms with van der Waals surface area (Å²) in [6.45, 7) is 3.42. The maximum atomic E-state index is 13.6. The van der Waals surface area contributed by atoms with E-state index in [1.165, 1.54) is 11.3 Å². The Morgan fingerprint density at radius 3 is 2.47 bits per heavy atom. The number of likely N-dealkylation sites (tertiary alicyclic amines) is 1. The quantitative estimate of drug-likeness (QED) is 0.532. The molecule has 5 rings (SSSR count). The van der Waals surface area contributed by atoms with Crippen LogP contribution < -0.4 is 10.6 Å². The number of carbonyl (C=O) groups is 3. The lowest BCUT2D eigenvalue weighted by Gasteiger charge is -2.27. The van der Waals surface area contributed by atoms with Crippen LogP contribution in [0.25, 0.3) is 10.4 Å². The Morgan fingerprint density at radius 2 is 1.71 bits per heavy atom. The van der Waals surface area contributed by atoms with E-state index in [0.717, 1.165) is 53.9 Å². The average molecular weight is 474 g/mol. The molecule has 3 heterocycles. The van der Waals surface area contributed by atoms with Crippen molar-refractivity contribution in [3.8, 4) is 10.4 Å². The number of para-hydroxylation sites is 1. The first-order chi connectivity index (χ1) is 16.5. The highest BCUT2D eigenvalue weighted by Gasteiger charge is 2.33. The van der Waals surface area contributed by atoms with Crippen LogP contribution in [0.2, 0.25) is 0 Å². The monoisotopic (exact) mass is 473 g/mol.